The van der Waals surface area contributed by atoms with Gasteiger partial charge < -0.3 is 11.1 Å². The fourth-order valence-corrected chi connectivity index (χ4v) is 1.83. The summed E-state index contributed by atoms with van der Waals surface area (Å²) in [5.41, 5.74) is 5.50. The van der Waals surface area contributed by atoms with Crippen molar-refractivity contribution in [2.24, 2.45) is 5.73 Å². The quantitative estimate of drug-likeness (QED) is 0.771. The first kappa shape index (κ1) is 10.4. The zero-order valence-corrected chi connectivity index (χ0v) is 9.11. The average molecular weight is 200 g/mol. The molecule has 74 valence electrons. The van der Waals surface area contributed by atoms with Crippen molar-refractivity contribution in [3.8, 4) is 0 Å². The molecule has 4 nitrogen and oxygen atoms in total. The Kier molecular flexibility index (Phi) is 3.22. The Morgan fingerprint density at radius 1 is 1.46 bits per heavy atom. The lowest BCUT2D eigenvalue weighted by Gasteiger charge is -2.24. The second-order valence-corrected chi connectivity index (χ2v) is 4.86. The molecule has 0 radical (unpaired) electrons. The molecule has 0 aliphatic heterocycles. The molecule has 5 heteroatoms. The van der Waals surface area contributed by atoms with Crippen LogP contribution >= 0.6 is 11.3 Å². The van der Waals surface area contributed by atoms with Crippen LogP contribution in [-0.4, -0.2) is 22.3 Å². The number of nitrogens with one attached hydrogen (secondary N) is 1. The molecule has 0 aromatic carbocycles. The average Bonchev–Trinajstić information content (AvgIpc) is 2.34. The second kappa shape index (κ2) is 4.02. The van der Waals surface area contributed by atoms with Crippen LogP contribution in [0.5, 0.6) is 0 Å². The minimum atomic E-state index is 0.000718. The summed E-state index contributed by atoms with van der Waals surface area (Å²) < 4.78 is 0. The van der Waals surface area contributed by atoms with Gasteiger partial charge in [-0.25, -0.2) is 0 Å². The van der Waals surface area contributed by atoms with Crippen LogP contribution < -0.4 is 11.1 Å². The molecule has 0 aliphatic carbocycles. The molecule has 0 fully saturated rings. The van der Waals surface area contributed by atoms with Gasteiger partial charge in [0.1, 0.15) is 5.01 Å². The van der Waals surface area contributed by atoms with E-state index in [2.05, 4.69) is 29.4 Å². The molecular formula is C8H16N4S. The molecule has 13 heavy (non-hydrogen) atoms. The van der Waals surface area contributed by atoms with Gasteiger partial charge in [0.05, 0.1) is 0 Å². The van der Waals surface area contributed by atoms with Gasteiger partial charge in [-0.05, 0) is 33.7 Å². The second-order valence-electron chi connectivity index (χ2n) is 3.67. The normalized spacial score (nSPS) is 11.7. The molecule has 0 unspecified atom stereocenters. The van der Waals surface area contributed by atoms with E-state index < -0.39 is 0 Å². The van der Waals surface area contributed by atoms with E-state index in [9.17, 15) is 0 Å². The molecule has 3 N–H and O–H groups in total. The number of aryl methyl sites for hydroxylation is 1. The standard InChI is InChI=1S/C8H16N4S/c1-6-11-12-7(13-6)10-8(2,3)4-5-9/h4-5,9H2,1-3H3,(H,10,12). The van der Waals surface area contributed by atoms with Gasteiger partial charge in [-0.15, -0.1) is 10.2 Å². The topological polar surface area (TPSA) is 63.8 Å². The number of rotatable bonds is 4. The summed E-state index contributed by atoms with van der Waals surface area (Å²) >= 11 is 1.57. The number of nitrogens with zero attached hydrogens (tertiary/aromatic N) is 2. The number of aromatic nitrogens is 2. The number of nitrogens with two attached hydrogens (primary N) is 1. The summed E-state index contributed by atoms with van der Waals surface area (Å²) in [7, 11) is 0. The van der Waals surface area contributed by atoms with Crippen molar-refractivity contribution in [1.82, 2.24) is 10.2 Å². The molecule has 0 saturated carbocycles. The van der Waals surface area contributed by atoms with Crippen molar-refractivity contribution in [3.05, 3.63) is 5.01 Å². The molecule has 0 aliphatic rings. The maximum Gasteiger partial charge on any atom is 0.206 e. The summed E-state index contributed by atoms with van der Waals surface area (Å²) in [6, 6.07) is 0. The lowest BCUT2D eigenvalue weighted by atomic mass is 10.0. The van der Waals surface area contributed by atoms with Crippen molar-refractivity contribution in [1.29, 1.82) is 0 Å². The zero-order chi connectivity index (χ0) is 9.90. The molecule has 0 atom stereocenters. The van der Waals surface area contributed by atoms with Crippen LogP contribution in [-0.2, 0) is 0 Å². The highest BCUT2D eigenvalue weighted by Gasteiger charge is 2.17. The minimum absolute atomic E-state index is 0.000718. The van der Waals surface area contributed by atoms with Gasteiger partial charge in [-0.1, -0.05) is 11.3 Å². The van der Waals surface area contributed by atoms with E-state index in [0.29, 0.717) is 6.54 Å². The van der Waals surface area contributed by atoms with Gasteiger partial charge in [0.15, 0.2) is 0 Å². The maximum absolute atomic E-state index is 5.50. The van der Waals surface area contributed by atoms with Gasteiger partial charge in [0, 0.05) is 5.54 Å². The van der Waals surface area contributed by atoms with Crippen molar-refractivity contribution < 1.29 is 0 Å². The van der Waals surface area contributed by atoms with E-state index in [1.165, 1.54) is 0 Å². The Labute approximate surface area is 82.6 Å². The molecule has 1 aromatic heterocycles. The number of hydrogen-bond acceptors (Lipinski definition) is 5. The predicted octanol–water partition coefficient (Wildman–Crippen LogP) is 1.39. The van der Waals surface area contributed by atoms with Gasteiger partial charge in [0.2, 0.25) is 5.13 Å². The maximum atomic E-state index is 5.50. The van der Waals surface area contributed by atoms with Crippen LogP contribution in [0.1, 0.15) is 25.3 Å². The van der Waals surface area contributed by atoms with Crippen molar-refractivity contribution >= 4 is 16.5 Å². The largest absolute Gasteiger partial charge is 0.355 e. The van der Waals surface area contributed by atoms with Crippen LogP contribution in [0.15, 0.2) is 0 Å². The molecule has 0 saturated heterocycles. The van der Waals surface area contributed by atoms with Crippen LogP contribution in [0.25, 0.3) is 0 Å². The first-order valence-corrected chi connectivity index (χ1v) is 5.13. The Morgan fingerprint density at radius 3 is 2.62 bits per heavy atom. The summed E-state index contributed by atoms with van der Waals surface area (Å²) in [5, 5.41) is 13.1. The van der Waals surface area contributed by atoms with Crippen molar-refractivity contribution in [3.63, 3.8) is 0 Å². The summed E-state index contributed by atoms with van der Waals surface area (Å²) in [5.74, 6) is 0. The van der Waals surface area contributed by atoms with Gasteiger partial charge in [0.25, 0.3) is 0 Å². The Bertz CT molecular complexity index is 269. The Morgan fingerprint density at radius 2 is 2.15 bits per heavy atom. The van der Waals surface area contributed by atoms with E-state index in [-0.39, 0.29) is 5.54 Å². The SMILES string of the molecule is Cc1nnc(NC(C)(C)CCN)s1. The molecule has 1 heterocycles. The monoisotopic (exact) mass is 200 g/mol. The lowest BCUT2D eigenvalue weighted by Crippen LogP contribution is -2.33. The highest BCUT2D eigenvalue weighted by molar-refractivity contribution is 7.15. The van der Waals surface area contributed by atoms with E-state index >= 15 is 0 Å². The third kappa shape index (κ3) is 3.28. The van der Waals surface area contributed by atoms with Crippen LogP contribution in [0.3, 0.4) is 0 Å². The Balaban J connectivity index is 2.57. The van der Waals surface area contributed by atoms with Crippen LogP contribution in [0, 0.1) is 6.92 Å². The van der Waals surface area contributed by atoms with E-state index in [0.717, 1.165) is 16.6 Å². The van der Waals surface area contributed by atoms with E-state index in [4.69, 9.17) is 5.73 Å². The molecule has 1 rings (SSSR count). The number of anilines is 1. The van der Waals surface area contributed by atoms with E-state index in [1.54, 1.807) is 11.3 Å². The molecule has 0 bridgehead atoms. The third-order valence-electron chi connectivity index (χ3n) is 1.74. The molecule has 0 amide bonds. The van der Waals surface area contributed by atoms with E-state index in [1.807, 2.05) is 6.92 Å². The number of hydrogen-bond donors (Lipinski definition) is 2. The van der Waals surface area contributed by atoms with Crippen LogP contribution in [0.4, 0.5) is 5.13 Å². The first-order chi connectivity index (χ1) is 6.03. The van der Waals surface area contributed by atoms with Crippen LogP contribution in [0.2, 0.25) is 0 Å². The summed E-state index contributed by atoms with van der Waals surface area (Å²) in [6.07, 6.45) is 0.922. The zero-order valence-electron chi connectivity index (χ0n) is 8.29. The third-order valence-corrected chi connectivity index (χ3v) is 2.49. The van der Waals surface area contributed by atoms with Gasteiger partial charge in [-0.2, -0.15) is 0 Å². The summed E-state index contributed by atoms with van der Waals surface area (Å²) in [4.78, 5) is 0. The lowest BCUT2D eigenvalue weighted by molar-refractivity contribution is 0.525. The fourth-order valence-electron chi connectivity index (χ4n) is 1.06. The fraction of sp³-hybridized carbons (Fsp3) is 0.750. The Hall–Kier alpha value is -0.680. The minimum Gasteiger partial charge on any atom is -0.355 e. The highest BCUT2D eigenvalue weighted by atomic mass is 32.1. The predicted molar refractivity (Wildman–Crippen MR) is 56.0 cm³/mol. The highest BCUT2D eigenvalue weighted by Crippen LogP contribution is 2.20. The molecule has 1 aromatic rings. The van der Waals surface area contributed by atoms with Gasteiger partial charge >= 0.3 is 0 Å². The van der Waals surface area contributed by atoms with Crippen molar-refractivity contribution in [2.45, 2.75) is 32.7 Å². The smallest absolute Gasteiger partial charge is 0.206 e. The summed E-state index contributed by atoms with van der Waals surface area (Å²) in [6.45, 7) is 6.84. The van der Waals surface area contributed by atoms with Crippen molar-refractivity contribution in [2.75, 3.05) is 11.9 Å². The van der Waals surface area contributed by atoms with Gasteiger partial charge in [-0.3, -0.25) is 0 Å². The molecular weight excluding hydrogens is 184 g/mol. The molecule has 0 spiro atoms. The first-order valence-electron chi connectivity index (χ1n) is 4.32.